The Morgan fingerprint density at radius 3 is 2.69 bits per heavy atom. The van der Waals surface area contributed by atoms with Crippen molar-refractivity contribution in [3.05, 3.63) is 35.5 Å². The molecule has 13 heavy (non-hydrogen) atoms. The van der Waals surface area contributed by atoms with Gasteiger partial charge in [-0.2, -0.15) is 0 Å². The van der Waals surface area contributed by atoms with E-state index in [-0.39, 0.29) is 5.97 Å². The number of rotatable bonds is 2. The van der Waals surface area contributed by atoms with Crippen molar-refractivity contribution in [2.24, 2.45) is 0 Å². The molecule has 0 aromatic heterocycles. The average molecular weight is 178 g/mol. The summed E-state index contributed by atoms with van der Waals surface area (Å²) >= 11 is 0. The summed E-state index contributed by atoms with van der Waals surface area (Å²) in [7, 11) is 0. The number of ether oxygens (including phenoxy) is 1. The van der Waals surface area contributed by atoms with Crippen LogP contribution in [-0.4, -0.2) is 12.6 Å². The second-order valence-corrected chi connectivity index (χ2v) is 3.21. The Morgan fingerprint density at radius 1 is 1.38 bits per heavy atom. The Morgan fingerprint density at radius 2 is 2.15 bits per heavy atom. The monoisotopic (exact) mass is 178 g/mol. The van der Waals surface area contributed by atoms with Gasteiger partial charge in [-0.3, -0.25) is 0 Å². The molecular weight excluding hydrogens is 164 g/mol. The van der Waals surface area contributed by atoms with E-state index in [0.29, 0.717) is 6.61 Å². The highest BCUT2D eigenvalue weighted by atomic mass is 16.5. The maximum absolute atomic E-state index is 11.0. The van der Waals surface area contributed by atoms with Gasteiger partial charge in [-0.25, -0.2) is 4.79 Å². The maximum Gasteiger partial charge on any atom is 0.334 e. The zero-order valence-corrected chi connectivity index (χ0v) is 8.04. The summed E-state index contributed by atoms with van der Waals surface area (Å²) in [6.45, 7) is 4.59. The zero-order valence-electron chi connectivity index (χ0n) is 8.04. The first-order chi connectivity index (χ1) is 6.20. The van der Waals surface area contributed by atoms with Crippen molar-refractivity contribution in [3.8, 4) is 0 Å². The number of allylic oxidation sites excluding steroid dienone is 5. The molecule has 1 aliphatic rings. The second kappa shape index (κ2) is 4.65. The quantitative estimate of drug-likeness (QED) is 0.368. The van der Waals surface area contributed by atoms with Gasteiger partial charge >= 0.3 is 5.97 Å². The molecule has 1 heterocycles. The molecule has 0 radical (unpaired) electrons. The normalized spacial score (nSPS) is 19.5. The lowest BCUT2D eigenvalue weighted by molar-refractivity contribution is -0.135. The molecule has 2 heteroatoms. The van der Waals surface area contributed by atoms with Crippen LogP contribution in [0.3, 0.4) is 0 Å². The Kier molecular flexibility index (Phi) is 3.50. The highest BCUT2D eigenvalue weighted by Gasteiger charge is 2.16. The third-order valence-electron chi connectivity index (χ3n) is 1.70. The molecule has 1 rings (SSSR count). The van der Waals surface area contributed by atoms with Crippen LogP contribution in [0.1, 0.15) is 20.3 Å². The average Bonchev–Trinajstić information content (AvgIpc) is 2.45. The number of esters is 1. The van der Waals surface area contributed by atoms with Crippen molar-refractivity contribution >= 4 is 5.97 Å². The van der Waals surface area contributed by atoms with E-state index in [1.165, 1.54) is 5.57 Å². The fraction of sp³-hybridized carbons (Fsp3) is 0.364. The van der Waals surface area contributed by atoms with Gasteiger partial charge in [0.1, 0.15) is 0 Å². The van der Waals surface area contributed by atoms with Gasteiger partial charge in [0.25, 0.3) is 0 Å². The number of hydrogen-bond donors (Lipinski definition) is 0. The third kappa shape index (κ3) is 3.28. The molecule has 0 saturated carbocycles. The van der Waals surface area contributed by atoms with Crippen LogP contribution in [0.2, 0.25) is 0 Å². The molecule has 0 N–H and O–H groups in total. The fourth-order valence-electron chi connectivity index (χ4n) is 1.02. The molecule has 1 saturated heterocycles. The molecule has 2 nitrogen and oxygen atoms in total. The molecule has 0 amide bonds. The Labute approximate surface area is 78.6 Å². The van der Waals surface area contributed by atoms with Gasteiger partial charge in [0.05, 0.1) is 6.61 Å². The Balaban J connectivity index is 2.52. The number of carbonyl (C=O) groups excluding carboxylic acids is 1. The van der Waals surface area contributed by atoms with Crippen LogP contribution < -0.4 is 0 Å². The van der Waals surface area contributed by atoms with Crippen LogP contribution in [0, 0.1) is 0 Å². The Bertz CT molecular complexity index is 278. The minimum atomic E-state index is -0.179. The van der Waals surface area contributed by atoms with E-state index in [4.69, 9.17) is 4.74 Å². The minimum absolute atomic E-state index is 0.179. The van der Waals surface area contributed by atoms with Gasteiger partial charge in [-0.1, -0.05) is 29.9 Å². The molecule has 0 atom stereocenters. The van der Waals surface area contributed by atoms with Crippen LogP contribution in [0.4, 0.5) is 0 Å². The molecular formula is C11H14O2. The van der Waals surface area contributed by atoms with E-state index in [1.54, 1.807) is 0 Å². The van der Waals surface area contributed by atoms with Gasteiger partial charge in [-0.05, 0) is 13.8 Å². The van der Waals surface area contributed by atoms with E-state index < -0.39 is 0 Å². The lowest BCUT2D eigenvalue weighted by Crippen LogP contribution is -1.93. The van der Waals surface area contributed by atoms with Crippen LogP contribution in [-0.2, 0) is 9.53 Å². The van der Waals surface area contributed by atoms with E-state index in [2.05, 4.69) is 0 Å². The van der Waals surface area contributed by atoms with E-state index >= 15 is 0 Å². The van der Waals surface area contributed by atoms with Gasteiger partial charge in [0.15, 0.2) is 0 Å². The lowest BCUT2D eigenvalue weighted by Gasteiger charge is -1.86. The minimum Gasteiger partial charge on any atom is -0.462 e. The molecule has 0 aromatic rings. The van der Waals surface area contributed by atoms with Crippen LogP contribution in [0.25, 0.3) is 0 Å². The molecule has 1 fully saturated rings. The maximum atomic E-state index is 11.0. The first-order valence-electron chi connectivity index (χ1n) is 4.38. The highest BCUT2D eigenvalue weighted by molar-refractivity contribution is 5.90. The predicted molar refractivity (Wildman–Crippen MR) is 52.2 cm³/mol. The standard InChI is InChI=1S/C11H14O2/c1-9(2)5-3-4-6-10-7-8-13-11(10)12/h3-6H,7-8H2,1-2H3/b4-3+,10-6+. The summed E-state index contributed by atoms with van der Waals surface area (Å²) in [6.07, 6.45) is 8.34. The molecule has 0 spiro atoms. The summed E-state index contributed by atoms with van der Waals surface area (Å²) in [5, 5.41) is 0. The van der Waals surface area contributed by atoms with Crippen LogP contribution >= 0.6 is 0 Å². The topological polar surface area (TPSA) is 26.3 Å². The summed E-state index contributed by atoms with van der Waals surface area (Å²) < 4.78 is 4.79. The van der Waals surface area contributed by atoms with Gasteiger partial charge in [0, 0.05) is 12.0 Å². The Hall–Kier alpha value is -1.31. The predicted octanol–water partition coefficient (Wildman–Crippen LogP) is 2.38. The molecule has 0 aliphatic carbocycles. The van der Waals surface area contributed by atoms with E-state index in [1.807, 2.05) is 38.2 Å². The highest BCUT2D eigenvalue weighted by Crippen LogP contribution is 2.12. The number of carbonyl (C=O) groups is 1. The second-order valence-electron chi connectivity index (χ2n) is 3.21. The van der Waals surface area contributed by atoms with Crippen molar-refractivity contribution < 1.29 is 9.53 Å². The van der Waals surface area contributed by atoms with Crippen molar-refractivity contribution in [2.45, 2.75) is 20.3 Å². The molecule has 1 aliphatic heterocycles. The first kappa shape index (κ1) is 9.78. The van der Waals surface area contributed by atoms with Crippen molar-refractivity contribution in [3.63, 3.8) is 0 Å². The first-order valence-corrected chi connectivity index (χ1v) is 4.38. The molecule has 70 valence electrons. The van der Waals surface area contributed by atoms with Crippen LogP contribution in [0.15, 0.2) is 35.5 Å². The number of cyclic esters (lactones) is 1. The summed E-state index contributed by atoms with van der Waals surface area (Å²) in [6, 6.07) is 0. The SMILES string of the molecule is CC(C)=C/C=C/C=C1\CCOC1=O. The smallest absolute Gasteiger partial charge is 0.334 e. The van der Waals surface area contributed by atoms with E-state index in [0.717, 1.165) is 12.0 Å². The fourth-order valence-corrected chi connectivity index (χ4v) is 1.02. The zero-order chi connectivity index (χ0) is 9.68. The van der Waals surface area contributed by atoms with Gasteiger partial charge in [-0.15, -0.1) is 0 Å². The molecule has 0 bridgehead atoms. The van der Waals surface area contributed by atoms with Crippen molar-refractivity contribution in [1.29, 1.82) is 0 Å². The van der Waals surface area contributed by atoms with Crippen LogP contribution in [0.5, 0.6) is 0 Å². The summed E-state index contributed by atoms with van der Waals surface area (Å²) in [5.74, 6) is -0.179. The molecule has 0 unspecified atom stereocenters. The van der Waals surface area contributed by atoms with Crippen molar-refractivity contribution in [2.75, 3.05) is 6.61 Å². The summed E-state index contributed by atoms with van der Waals surface area (Å²) in [5.41, 5.74) is 2.00. The summed E-state index contributed by atoms with van der Waals surface area (Å²) in [4.78, 5) is 11.0. The largest absolute Gasteiger partial charge is 0.462 e. The third-order valence-corrected chi connectivity index (χ3v) is 1.70. The number of hydrogen-bond acceptors (Lipinski definition) is 2. The van der Waals surface area contributed by atoms with Gasteiger partial charge < -0.3 is 4.74 Å². The lowest BCUT2D eigenvalue weighted by atomic mass is 10.2. The van der Waals surface area contributed by atoms with E-state index in [9.17, 15) is 4.79 Å². The molecule has 0 aromatic carbocycles. The van der Waals surface area contributed by atoms with Crippen molar-refractivity contribution in [1.82, 2.24) is 0 Å². The van der Waals surface area contributed by atoms with Gasteiger partial charge in [0.2, 0.25) is 0 Å².